The molecule has 2 aliphatic heterocycles. The number of aromatic nitrogens is 2. The Bertz CT molecular complexity index is 950. The van der Waals surface area contributed by atoms with Gasteiger partial charge in [-0.3, -0.25) is 4.79 Å². The normalized spacial score (nSPS) is 24.9. The first-order valence-corrected chi connectivity index (χ1v) is 9.42. The summed E-state index contributed by atoms with van der Waals surface area (Å²) in [6, 6.07) is 8.27. The first kappa shape index (κ1) is 16.5. The average Bonchev–Trinajstić information content (AvgIpc) is 3.13. The lowest BCUT2D eigenvalue weighted by Crippen LogP contribution is -2.70. The third kappa shape index (κ3) is 2.28. The molecule has 5 rings (SSSR count). The summed E-state index contributed by atoms with van der Waals surface area (Å²) < 4.78 is 7.54. The van der Waals surface area contributed by atoms with Crippen LogP contribution in [0.3, 0.4) is 0 Å². The lowest BCUT2D eigenvalue weighted by molar-refractivity contribution is -0.163. The van der Waals surface area contributed by atoms with Crippen molar-refractivity contribution in [2.24, 2.45) is 11.3 Å². The van der Waals surface area contributed by atoms with Gasteiger partial charge in [-0.05, 0) is 32.8 Å². The molecule has 1 saturated carbocycles. The Morgan fingerprint density at radius 1 is 1.26 bits per heavy atom. The number of fused-ring (bicyclic) bond motifs is 3. The molecule has 1 aromatic carbocycles. The van der Waals surface area contributed by atoms with Crippen LogP contribution in [0.4, 0.5) is 4.79 Å². The Morgan fingerprint density at radius 2 is 2.00 bits per heavy atom. The Kier molecular flexibility index (Phi) is 3.19. The second-order valence-corrected chi connectivity index (χ2v) is 9.01. The van der Waals surface area contributed by atoms with Crippen molar-refractivity contribution in [1.82, 2.24) is 14.5 Å². The lowest BCUT2D eigenvalue weighted by Gasteiger charge is -2.58. The van der Waals surface area contributed by atoms with Crippen LogP contribution in [-0.2, 0) is 9.53 Å². The molecule has 0 bridgehead atoms. The predicted molar refractivity (Wildman–Crippen MR) is 99.2 cm³/mol. The molecule has 27 heavy (non-hydrogen) atoms. The van der Waals surface area contributed by atoms with Gasteiger partial charge in [0.2, 0.25) is 0 Å². The fourth-order valence-electron chi connectivity index (χ4n) is 4.84. The molecule has 0 N–H and O–H groups in total. The Hall–Kier alpha value is -2.63. The second kappa shape index (κ2) is 5.21. The molecule has 2 atom stereocenters. The van der Waals surface area contributed by atoms with Gasteiger partial charge in [-0.15, -0.1) is 0 Å². The van der Waals surface area contributed by atoms with Crippen LogP contribution in [0.15, 0.2) is 36.8 Å². The average molecular weight is 365 g/mol. The maximum atomic E-state index is 13.1. The van der Waals surface area contributed by atoms with Crippen LogP contribution in [0.25, 0.3) is 11.3 Å². The topological polar surface area (TPSA) is 64.4 Å². The zero-order valence-corrected chi connectivity index (χ0v) is 15.8. The van der Waals surface area contributed by atoms with E-state index in [2.05, 4.69) is 21.7 Å². The minimum atomic E-state index is -0.516. The summed E-state index contributed by atoms with van der Waals surface area (Å²) in [5, 5.41) is 0. The van der Waals surface area contributed by atoms with Crippen molar-refractivity contribution < 1.29 is 14.3 Å². The number of imidazole rings is 1. The fraction of sp³-hybridized carbons (Fsp3) is 0.476. The van der Waals surface area contributed by atoms with Gasteiger partial charge in [0.25, 0.3) is 0 Å². The van der Waals surface area contributed by atoms with Gasteiger partial charge in [0, 0.05) is 24.6 Å². The van der Waals surface area contributed by atoms with E-state index in [9.17, 15) is 9.59 Å². The second-order valence-electron chi connectivity index (χ2n) is 9.01. The number of hydrogen-bond donors (Lipinski definition) is 0. The monoisotopic (exact) mass is 365 g/mol. The number of ether oxygens (including phenoxy) is 1. The van der Waals surface area contributed by atoms with Crippen LogP contribution in [-0.4, -0.2) is 45.0 Å². The maximum Gasteiger partial charge on any atom is 0.410 e. The molecule has 2 aromatic rings. The highest BCUT2D eigenvalue weighted by atomic mass is 16.6. The predicted octanol–water partition coefficient (Wildman–Crippen LogP) is 3.28. The highest BCUT2D eigenvalue weighted by Gasteiger charge is 2.64. The van der Waals surface area contributed by atoms with E-state index in [-0.39, 0.29) is 29.3 Å². The van der Waals surface area contributed by atoms with Crippen LogP contribution >= 0.6 is 0 Å². The van der Waals surface area contributed by atoms with Crippen LogP contribution in [0.1, 0.15) is 38.8 Å². The van der Waals surface area contributed by atoms with E-state index in [4.69, 9.17) is 4.74 Å². The summed E-state index contributed by atoms with van der Waals surface area (Å²) in [5.74, 6) is 0.214. The van der Waals surface area contributed by atoms with E-state index in [1.54, 1.807) is 4.90 Å². The highest BCUT2D eigenvalue weighted by molar-refractivity contribution is 5.97. The van der Waals surface area contributed by atoms with Gasteiger partial charge in [-0.2, -0.15) is 0 Å². The smallest absolute Gasteiger partial charge is 0.410 e. The van der Waals surface area contributed by atoms with E-state index < -0.39 is 5.60 Å². The van der Waals surface area contributed by atoms with E-state index in [1.165, 1.54) is 5.56 Å². The van der Waals surface area contributed by atoms with Crippen molar-refractivity contribution in [1.29, 1.82) is 0 Å². The third-order valence-electron chi connectivity index (χ3n) is 6.01. The van der Waals surface area contributed by atoms with Crippen molar-refractivity contribution in [3.8, 4) is 11.3 Å². The molecule has 140 valence electrons. The number of amides is 1. The number of carbonyl (C=O) groups is 2. The van der Waals surface area contributed by atoms with E-state index >= 15 is 0 Å². The number of carbonyl (C=O) groups excluding carboxylic acids is 2. The van der Waals surface area contributed by atoms with Gasteiger partial charge < -0.3 is 14.2 Å². The highest BCUT2D eigenvalue weighted by Crippen LogP contribution is 2.56. The van der Waals surface area contributed by atoms with Gasteiger partial charge in [0.05, 0.1) is 29.7 Å². The largest absolute Gasteiger partial charge is 0.444 e. The zero-order valence-electron chi connectivity index (χ0n) is 15.8. The lowest BCUT2D eigenvalue weighted by atomic mass is 9.54. The third-order valence-corrected chi connectivity index (χ3v) is 6.01. The first-order chi connectivity index (χ1) is 12.8. The van der Waals surface area contributed by atoms with Gasteiger partial charge in [-0.1, -0.05) is 24.3 Å². The number of likely N-dealkylation sites (tertiary alicyclic amines) is 1. The van der Waals surface area contributed by atoms with Crippen LogP contribution < -0.4 is 0 Å². The summed E-state index contributed by atoms with van der Waals surface area (Å²) in [6.07, 6.45) is 4.17. The Labute approximate surface area is 158 Å². The molecule has 3 aliphatic rings. The van der Waals surface area contributed by atoms with E-state index in [1.807, 2.05) is 45.4 Å². The first-order valence-electron chi connectivity index (χ1n) is 9.42. The number of hydrogen-bond acceptors (Lipinski definition) is 4. The van der Waals surface area contributed by atoms with Crippen molar-refractivity contribution in [3.63, 3.8) is 0 Å². The van der Waals surface area contributed by atoms with Crippen LogP contribution in [0, 0.1) is 11.3 Å². The van der Waals surface area contributed by atoms with Gasteiger partial charge >= 0.3 is 6.09 Å². The molecular formula is C21H23N3O3. The minimum absolute atomic E-state index is 0.0207. The molecule has 1 aromatic heterocycles. The van der Waals surface area contributed by atoms with E-state index in [0.717, 1.165) is 17.7 Å². The Balaban J connectivity index is 1.33. The number of ketones is 1. The summed E-state index contributed by atoms with van der Waals surface area (Å²) in [6.45, 7) is 6.51. The molecule has 1 spiro atoms. The Morgan fingerprint density at radius 3 is 2.70 bits per heavy atom. The summed E-state index contributed by atoms with van der Waals surface area (Å²) >= 11 is 0. The molecule has 0 radical (unpaired) electrons. The SMILES string of the molecule is CC(C)(C)OC(=O)N1CC2(CC(C3c4ccccc4-c4cncn43)C2=O)C1. The van der Waals surface area contributed by atoms with Gasteiger partial charge in [-0.25, -0.2) is 9.78 Å². The zero-order chi connectivity index (χ0) is 19.0. The quantitative estimate of drug-likeness (QED) is 0.778. The standard InChI is InChI=1S/C21H23N3O3/c1-20(2,3)27-19(26)23-10-21(11-23)8-15(18(21)25)17-14-7-5-4-6-13(14)16-9-22-12-24(16)17/h4-7,9,12,15,17H,8,10-11H2,1-3H3. The van der Waals surface area contributed by atoms with Crippen molar-refractivity contribution >= 4 is 11.9 Å². The van der Waals surface area contributed by atoms with Crippen LogP contribution in [0.5, 0.6) is 0 Å². The van der Waals surface area contributed by atoms with Gasteiger partial charge in [0.15, 0.2) is 0 Å². The molecule has 1 aliphatic carbocycles. The molecule has 6 nitrogen and oxygen atoms in total. The number of Topliss-reactive ketones (excluding diaryl/α,β-unsaturated/α-hetero) is 1. The molecule has 1 saturated heterocycles. The number of benzene rings is 1. The van der Waals surface area contributed by atoms with Crippen molar-refractivity contribution in [3.05, 3.63) is 42.4 Å². The molecule has 2 unspecified atom stereocenters. The molecule has 1 amide bonds. The fourth-order valence-corrected chi connectivity index (χ4v) is 4.84. The number of rotatable bonds is 1. The van der Waals surface area contributed by atoms with Crippen molar-refractivity contribution in [2.75, 3.05) is 13.1 Å². The summed E-state index contributed by atoms with van der Waals surface area (Å²) in [5.41, 5.74) is 2.55. The summed E-state index contributed by atoms with van der Waals surface area (Å²) in [7, 11) is 0. The molecule has 2 fully saturated rings. The van der Waals surface area contributed by atoms with E-state index in [0.29, 0.717) is 13.1 Å². The number of nitrogens with zero attached hydrogens (tertiary/aromatic N) is 3. The van der Waals surface area contributed by atoms with Gasteiger partial charge in [0.1, 0.15) is 11.4 Å². The van der Waals surface area contributed by atoms with Crippen molar-refractivity contribution in [2.45, 2.75) is 38.8 Å². The molecule has 6 heteroatoms. The van der Waals surface area contributed by atoms with Crippen LogP contribution in [0.2, 0.25) is 0 Å². The summed E-state index contributed by atoms with van der Waals surface area (Å²) in [4.78, 5) is 31.2. The maximum absolute atomic E-state index is 13.1. The molecular weight excluding hydrogens is 342 g/mol. The minimum Gasteiger partial charge on any atom is -0.444 e. The molecule has 3 heterocycles.